The zero-order valence-corrected chi connectivity index (χ0v) is 20.9. The SMILES string of the molecule is CC.Nc1ccc(-c2cccs2)cc1NC(=O)/C=C/C=C1\CCN(Cc2ccc3c(c2)OCO3)C1. The molecule has 3 heterocycles. The van der Waals surface area contributed by atoms with Gasteiger partial charge in [0, 0.05) is 30.6 Å². The van der Waals surface area contributed by atoms with Gasteiger partial charge in [0.05, 0.1) is 11.4 Å². The number of allylic oxidation sites excluding steroid dienone is 2. The third-order valence-electron chi connectivity index (χ3n) is 5.72. The Morgan fingerprint density at radius 2 is 2.00 bits per heavy atom. The van der Waals surface area contributed by atoms with Gasteiger partial charge in [-0.15, -0.1) is 11.3 Å². The van der Waals surface area contributed by atoms with Crippen molar-refractivity contribution in [3.63, 3.8) is 0 Å². The van der Waals surface area contributed by atoms with E-state index in [9.17, 15) is 4.79 Å². The number of benzene rings is 2. The van der Waals surface area contributed by atoms with Crippen molar-refractivity contribution in [1.82, 2.24) is 4.90 Å². The van der Waals surface area contributed by atoms with Crippen molar-refractivity contribution in [2.75, 3.05) is 30.9 Å². The molecule has 2 aliphatic heterocycles. The van der Waals surface area contributed by atoms with E-state index in [0.29, 0.717) is 18.2 Å². The average molecular weight is 490 g/mol. The average Bonchev–Trinajstić information content (AvgIpc) is 3.64. The van der Waals surface area contributed by atoms with E-state index >= 15 is 0 Å². The predicted molar refractivity (Wildman–Crippen MR) is 144 cm³/mol. The lowest BCUT2D eigenvalue weighted by Crippen LogP contribution is -2.18. The second-order valence-corrected chi connectivity index (χ2v) is 9.05. The number of anilines is 2. The van der Waals surface area contributed by atoms with Crippen molar-refractivity contribution < 1.29 is 14.3 Å². The first-order chi connectivity index (χ1) is 17.1. The zero-order chi connectivity index (χ0) is 24.6. The van der Waals surface area contributed by atoms with Crippen LogP contribution in [-0.2, 0) is 11.3 Å². The Bertz CT molecular complexity index is 1220. The number of hydrogen-bond acceptors (Lipinski definition) is 6. The Hall–Kier alpha value is -3.55. The Morgan fingerprint density at radius 1 is 1.14 bits per heavy atom. The number of nitrogens with two attached hydrogens (primary N) is 1. The van der Waals surface area contributed by atoms with E-state index < -0.39 is 0 Å². The largest absolute Gasteiger partial charge is 0.454 e. The summed E-state index contributed by atoms with van der Waals surface area (Å²) in [5.74, 6) is 1.43. The summed E-state index contributed by atoms with van der Waals surface area (Å²) in [6.07, 6.45) is 6.38. The van der Waals surface area contributed by atoms with Crippen molar-refractivity contribution in [1.29, 1.82) is 0 Å². The van der Waals surface area contributed by atoms with Crippen molar-refractivity contribution in [3.8, 4) is 21.9 Å². The van der Waals surface area contributed by atoms with Crippen LogP contribution >= 0.6 is 11.3 Å². The molecule has 1 aromatic heterocycles. The molecule has 1 amide bonds. The first-order valence-electron chi connectivity index (χ1n) is 11.9. The number of thiophene rings is 1. The fraction of sp³-hybridized carbons (Fsp3) is 0.250. The third-order valence-corrected chi connectivity index (χ3v) is 6.63. The maximum Gasteiger partial charge on any atom is 0.248 e. The van der Waals surface area contributed by atoms with Gasteiger partial charge in [-0.25, -0.2) is 0 Å². The van der Waals surface area contributed by atoms with Crippen LogP contribution in [0.4, 0.5) is 11.4 Å². The van der Waals surface area contributed by atoms with Crippen LogP contribution in [0.3, 0.4) is 0 Å². The summed E-state index contributed by atoms with van der Waals surface area (Å²) in [6.45, 7) is 7.03. The fourth-order valence-electron chi connectivity index (χ4n) is 4.02. The van der Waals surface area contributed by atoms with E-state index in [1.54, 1.807) is 17.4 Å². The number of likely N-dealkylation sites (tertiary alicyclic amines) is 1. The lowest BCUT2D eigenvalue weighted by atomic mass is 10.1. The molecule has 2 aromatic carbocycles. The van der Waals surface area contributed by atoms with E-state index in [2.05, 4.69) is 16.3 Å². The van der Waals surface area contributed by atoms with Gasteiger partial charge in [-0.1, -0.05) is 49.8 Å². The van der Waals surface area contributed by atoms with Crippen LogP contribution in [0, 0.1) is 0 Å². The molecule has 3 aromatic rings. The second-order valence-electron chi connectivity index (χ2n) is 8.10. The highest BCUT2D eigenvalue weighted by Crippen LogP contribution is 2.33. The van der Waals surface area contributed by atoms with E-state index in [0.717, 1.165) is 48.0 Å². The Kier molecular flexibility index (Phi) is 8.23. The van der Waals surface area contributed by atoms with Gasteiger partial charge >= 0.3 is 0 Å². The number of amides is 1. The van der Waals surface area contributed by atoms with Crippen molar-refractivity contribution in [3.05, 3.63) is 83.3 Å². The summed E-state index contributed by atoms with van der Waals surface area (Å²) in [5.41, 5.74) is 10.8. The van der Waals surface area contributed by atoms with Gasteiger partial charge in [0.2, 0.25) is 12.7 Å². The molecule has 0 saturated carbocycles. The number of ether oxygens (including phenoxy) is 2. The van der Waals surface area contributed by atoms with Crippen molar-refractivity contribution >= 4 is 28.6 Å². The third kappa shape index (κ3) is 6.32. The molecular weight excluding hydrogens is 458 g/mol. The molecule has 5 rings (SSSR count). The summed E-state index contributed by atoms with van der Waals surface area (Å²) < 4.78 is 10.8. The Labute approximate surface area is 210 Å². The minimum atomic E-state index is -0.197. The van der Waals surface area contributed by atoms with Gasteiger partial charge in [-0.3, -0.25) is 9.69 Å². The van der Waals surface area contributed by atoms with Crippen molar-refractivity contribution in [2.24, 2.45) is 0 Å². The summed E-state index contributed by atoms with van der Waals surface area (Å²) in [4.78, 5) is 15.9. The topological polar surface area (TPSA) is 76.8 Å². The number of hydrogen-bond donors (Lipinski definition) is 2. The number of nitrogens with one attached hydrogen (secondary N) is 1. The maximum atomic E-state index is 12.4. The minimum Gasteiger partial charge on any atom is -0.454 e. The standard InChI is InChI=1S/C26H25N3O3S.C2H6/c27-21-8-7-20(25-4-2-12-33-25)14-22(21)28-26(30)5-1-3-18-10-11-29(15-18)16-19-6-9-23-24(13-19)32-17-31-23;1-2/h1-9,12-14H,10-11,15-17,27H2,(H,28,30);1-2H3/b5-1+,18-3+;. The van der Waals surface area contributed by atoms with Gasteiger partial charge in [0.15, 0.2) is 11.5 Å². The van der Waals surface area contributed by atoms with E-state index in [1.807, 2.05) is 73.8 Å². The van der Waals surface area contributed by atoms with E-state index in [-0.39, 0.29) is 5.91 Å². The molecule has 35 heavy (non-hydrogen) atoms. The van der Waals surface area contributed by atoms with E-state index in [1.165, 1.54) is 11.1 Å². The Morgan fingerprint density at radius 3 is 2.83 bits per heavy atom. The molecule has 2 aliphatic rings. The zero-order valence-electron chi connectivity index (χ0n) is 20.1. The molecule has 0 radical (unpaired) electrons. The Balaban J connectivity index is 0.00000141. The maximum absolute atomic E-state index is 12.4. The summed E-state index contributed by atoms with van der Waals surface area (Å²) in [5, 5.41) is 4.92. The molecular formula is C28H31N3O3S. The fourth-order valence-corrected chi connectivity index (χ4v) is 4.75. The molecule has 1 fully saturated rings. The van der Waals surface area contributed by atoms with Crippen LogP contribution in [0.5, 0.6) is 11.5 Å². The minimum absolute atomic E-state index is 0.197. The predicted octanol–water partition coefficient (Wildman–Crippen LogP) is 6.08. The normalized spacial score (nSPS) is 15.9. The quantitative estimate of drug-likeness (QED) is 0.324. The lowest BCUT2D eigenvalue weighted by molar-refractivity contribution is -0.111. The first-order valence-corrected chi connectivity index (χ1v) is 12.7. The molecule has 182 valence electrons. The van der Waals surface area contributed by atoms with Crippen LogP contribution in [0.25, 0.3) is 10.4 Å². The van der Waals surface area contributed by atoms with Gasteiger partial charge < -0.3 is 20.5 Å². The van der Waals surface area contributed by atoms with E-state index in [4.69, 9.17) is 15.2 Å². The molecule has 7 heteroatoms. The molecule has 0 bridgehead atoms. The summed E-state index contributed by atoms with van der Waals surface area (Å²) in [6, 6.07) is 15.8. The lowest BCUT2D eigenvalue weighted by Gasteiger charge is -2.14. The molecule has 6 nitrogen and oxygen atoms in total. The smallest absolute Gasteiger partial charge is 0.248 e. The number of nitrogens with zero attached hydrogens (tertiary/aromatic N) is 1. The number of carbonyl (C=O) groups is 1. The highest BCUT2D eigenvalue weighted by atomic mass is 32.1. The molecule has 0 atom stereocenters. The van der Waals surface area contributed by atoms with Crippen LogP contribution in [0.15, 0.2) is 77.7 Å². The second kappa shape index (κ2) is 11.7. The summed E-state index contributed by atoms with van der Waals surface area (Å²) in [7, 11) is 0. The van der Waals surface area contributed by atoms with Gasteiger partial charge in [0.1, 0.15) is 0 Å². The first kappa shape index (κ1) is 24.6. The number of carbonyl (C=O) groups excluding carboxylic acids is 1. The van der Waals surface area contributed by atoms with Gasteiger partial charge in [0.25, 0.3) is 0 Å². The molecule has 0 spiro atoms. The highest BCUT2D eigenvalue weighted by molar-refractivity contribution is 7.13. The van der Waals surface area contributed by atoms with Crippen molar-refractivity contribution in [2.45, 2.75) is 26.8 Å². The number of fused-ring (bicyclic) bond motifs is 1. The van der Waals surface area contributed by atoms with Crippen LogP contribution in [0.2, 0.25) is 0 Å². The van der Waals surface area contributed by atoms with Crippen LogP contribution in [0.1, 0.15) is 25.8 Å². The molecule has 0 aliphatic carbocycles. The number of rotatable bonds is 6. The van der Waals surface area contributed by atoms with Gasteiger partial charge in [-0.2, -0.15) is 0 Å². The summed E-state index contributed by atoms with van der Waals surface area (Å²) >= 11 is 1.65. The molecule has 1 saturated heterocycles. The monoisotopic (exact) mass is 489 g/mol. The molecule has 3 N–H and O–H groups in total. The van der Waals surface area contributed by atoms with Crippen LogP contribution < -0.4 is 20.5 Å². The highest BCUT2D eigenvalue weighted by Gasteiger charge is 2.18. The number of nitrogen functional groups attached to an aromatic ring is 1. The van der Waals surface area contributed by atoms with Crippen LogP contribution in [-0.4, -0.2) is 30.7 Å². The molecule has 0 unspecified atom stereocenters. The van der Waals surface area contributed by atoms with Gasteiger partial charge in [-0.05, 0) is 53.3 Å².